The van der Waals surface area contributed by atoms with E-state index < -0.39 is 17.7 Å². The number of ether oxygens (including phenoxy) is 1. The van der Waals surface area contributed by atoms with E-state index in [9.17, 15) is 9.59 Å². The predicted molar refractivity (Wildman–Crippen MR) is 71.3 cm³/mol. The van der Waals surface area contributed by atoms with Crippen LogP contribution in [-0.4, -0.2) is 30.6 Å². The van der Waals surface area contributed by atoms with Crippen molar-refractivity contribution >= 4 is 12.4 Å². The van der Waals surface area contributed by atoms with Gasteiger partial charge in [-0.1, -0.05) is 6.58 Å². The van der Waals surface area contributed by atoms with E-state index in [1.54, 1.807) is 20.8 Å². The molecule has 0 bridgehead atoms. The second-order valence-corrected chi connectivity index (χ2v) is 5.24. The second kappa shape index (κ2) is 7.74. The molecule has 2 N–H and O–H groups in total. The highest BCUT2D eigenvalue weighted by molar-refractivity contribution is 5.73. The Kier molecular flexibility index (Phi) is 7.08. The molecule has 0 aromatic heterocycles. The third-order valence-corrected chi connectivity index (χ3v) is 1.99. The quantitative estimate of drug-likeness (QED) is 0.540. The van der Waals surface area contributed by atoms with E-state index in [1.165, 1.54) is 0 Å². The normalized spacial score (nSPS) is 12.4. The first kappa shape index (κ1) is 16.5. The Bertz CT molecular complexity index is 295. The summed E-state index contributed by atoms with van der Waals surface area (Å²) in [4.78, 5) is 22.3. The second-order valence-electron chi connectivity index (χ2n) is 5.24. The van der Waals surface area contributed by atoms with Gasteiger partial charge in [-0.05, 0) is 40.5 Å². The van der Waals surface area contributed by atoms with E-state index >= 15 is 0 Å². The summed E-state index contributed by atoms with van der Waals surface area (Å²) in [6, 6.07) is -0.508. The molecule has 0 aliphatic heterocycles. The van der Waals surface area contributed by atoms with Crippen LogP contribution >= 0.6 is 0 Å². The molecule has 18 heavy (non-hydrogen) atoms. The summed E-state index contributed by atoms with van der Waals surface area (Å²) < 4.78 is 5.08. The molecule has 104 valence electrons. The molecule has 0 fully saturated rings. The molecule has 0 saturated carbocycles. The minimum absolute atomic E-state index is 0.508. The van der Waals surface area contributed by atoms with Crippen molar-refractivity contribution in [2.75, 3.05) is 6.54 Å². The Morgan fingerprint density at radius 2 is 2.06 bits per heavy atom. The Balaban J connectivity index is 3.93. The number of nitrogens with one attached hydrogen (secondary N) is 2. The van der Waals surface area contributed by atoms with E-state index in [4.69, 9.17) is 4.74 Å². The van der Waals surface area contributed by atoms with Crippen molar-refractivity contribution in [2.45, 2.75) is 52.2 Å². The van der Waals surface area contributed by atoms with Crippen molar-refractivity contribution in [2.24, 2.45) is 0 Å². The lowest BCUT2D eigenvalue weighted by Crippen LogP contribution is -2.40. The third-order valence-electron chi connectivity index (χ3n) is 1.99. The lowest BCUT2D eigenvalue weighted by Gasteiger charge is -2.21. The third kappa shape index (κ3) is 9.69. The molecule has 0 saturated heterocycles. The van der Waals surface area contributed by atoms with Gasteiger partial charge in [0, 0.05) is 12.2 Å². The van der Waals surface area contributed by atoms with Crippen molar-refractivity contribution in [1.29, 1.82) is 0 Å². The van der Waals surface area contributed by atoms with Gasteiger partial charge in [-0.25, -0.2) is 4.79 Å². The average Bonchev–Trinajstić information content (AvgIpc) is 2.19. The first-order valence-corrected chi connectivity index (χ1v) is 6.09. The highest BCUT2D eigenvalue weighted by Crippen LogP contribution is 2.07. The molecule has 1 amide bonds. The first-order valence-electron chi connectivity index (χ1n) is 6.09. The van der Waals surface area contributed by atoms with Gasteiger partial charge in [0.15, 0.2) is 0 Å². The minimum atomic E-state index is -0.563. The Morgan fingerprint density at radius 3 is 2.50 bits per heavy atom. The largest absolute Gasteiger partial charge is 0.444 e. The van der Waals surface area contributed by atoms with Gasteiger partial charge in [-0.2, -0.15) is 0 Å². The summed E-state index contributed by atoms with van der Waals surface area (Å²) in [7, 11) is 0. The molecule has 1 atom stereocenters. The number of carbonyl (C=O) groups excluding carboxylic acids is 2. The van der Waals surface area contributed by atoms with Gasteiger partial charge in [0.05, 0.1) is 6.04 Å². The molecule has 0 radical (unpaired) electrons. The summed E-state index contributed by atoms with van der Waals surface area (Å²) in [5.74, 6) is 0. The zero-order valence-corrected chi connectivity index (χ0v) is 11.7. The van der Waals surface area contributed by atoms with E-state index in [2.05, 4.69) is 17.2 Å². The summed E-state index contributed by atoms with van der Waals surface area (Å²) in [6.07, 6.45) is 1.51. The van der Waals surface area contributed by atoms with Crippen LogP contribution < -0.4 is 10.6 Å². The van der Waals surface area contributed by atoms with Crippen molar-refractivity contribution in [3.8, 4) is 0 Å². The van der Waals surface area contributed by atoms with Crippen LogP contribution in [-0.2, 0) is 9.53 Å². The fourth-order valence-electron chi connectivity index (χ4n) is 1.26. The van der Waals surface area contributed by atoms with Crippen LogP contribution in [0.15, 0.2) is 12.3 Å². The van der Waals surface area contributed by atoms with E-state index in [0.29, 0.717) is 6.42 Å². The smallest absolute Gasteiger partial charge is 0.408 e. The summed E-state index contributed by atoms with van der Waals surface area (Å²) in [6.45, 7) is 11.6. The number of rotatable bonds is 7. The van der Waals surface area contributed by atoms with Crippen molar-refractivity contribution in [3.05, 3.63) is 12.3 Å². The van der Waals surface area contributed by atoms with Crippen molar-refractivity contribution in [3.63, 3.8) is 0 Å². The monoisotopic (exact) mass is 256 g/mol. The number of allylic oxidation sites excluding steroid dienone is 1. The van der Waals surface area contributed by atoms with Gasteiger partial charge in [0.2, 0.25) is 0 Å². The Morgan fingerprint density at radius 1 is 1.44 bits per heavy atom. The molecule has 0 aromatic rings. The lowest BCUT2D eigenvalue weighted by atomic mass is 10.2. The fraction of sp³-hybridized carbons (Fsp3) is 0.692. The maximum Gasteiger partial charge on any atom is 0.408 e. The molecule has 0 spiro atoms. The molecule has 0 aromatic carbocycles. The molecule has 5 nitrogen and oxygen atoms in total. The zero-order valence-electron chi connectivity index (χ0n) is 11.7. The number of alkyl carbamates (subject to hydrolysis) is 1. The number of carbonyl (C=O) groups is 2. The fourth-order valence-corrected chi connectivity index (χ4v) is 1.26. The van der Waals surface area contributed by atoms with Crippen LogP contribution in [0.1, 0.15) is 40.5 Å². The molecule has 5 heteroatoms. The lowest BCUT2D eigenvalue weighted by molar-refractivity contribution is -0.109. The van der Waals surface area contributed by atoms with Crippen LogP contribution in [0.25, 0.3) is 0 Å². The molecular formula is C13H24N2O3. The maximum absolute atomic E-state index is 11.4. The molecule has 0 aliphatic rings. The van der Waals surface area contributed by atoms with Crippen LogP contribution in [0.4, 0.5) is 4.79 Å². The van der Waals surface area contributed by atoms with Crippen LogP contribution in [0.5, 0.6) is 0 Å². The van der Waals surface area contributed by atoms with E-state index in [1.807, 2.05) is 6.92 Å². The van der Waals surface area contributed by atoms with Gasteiger partial charge in [0.1, 0.15) is 11.9 Å². The Labute approximate surface area is 109 Å². The topological polar surface area (TPSA) is 67.4 Å². The summed E-state index contributed by atoms with van der Waals surface area (Å²) in [5, 5.41) is 5.59. The molecule has 0 aliphatic carbocycles. The highest BCUT2D eigenvalue weighted by Gasteiger charge is 2.18. The van der Waals surface area contributed by atoms with Crippen molar-refractivity contribution < 1.29 is 14.3 Å². The summed E-state index contributed by atoms with van der Waals surface area (Å²) >= 11 is 0. The maximum atomic E-state index is 11.4. The molecule has 0 rings (SSSR count). The van der Waals surface area contributed by atoms with Crippen LogP contribution in [0.2, 0.25) is 0 Å². The molecular weight excluding hydrogens is 232 g/mol. The number of aldehydes is 1. The SMILES string of the molecule is C=C(C)NCCC[C@@H](C=O)NC(=O)OC(C)(C)C. The van der Waals surface area contributed by atoms with Gasteiger partial charge in [-0.15, -0.1) is 0 Å². The number of hydrogen-bond donors (Lipinski definition) is 2. The predicted octanol–water partition coefficient (Wildman–Crippen LogP) is 1.98. The van der Waals surface area contributed by atoms with Crippen LogP contribution in [0.3, 0.4) is 0 Å². The number of amides is 1. The minimum Gasteiger partial charge on any atom is -0.444 e. The van der Waals surface area contributed by atoms with Gasteiger partial charge >= 0.3 is 6.09 Å². The van der Waals surface area contributed by atoms with Gasteiger partial charge in [0.25, 0.3) is 0 Å². The zero-order chi connectivity index (χ0) is 14.2. The van der Waals surface area contributed by atoms with Crippen molar-refractivity contribution in [1.82, 2.24) is 10.6 Å². The first-order chi connectivity index (χ1) is 8.24. The van der Waals surface area contributed by atoms with Gasteiger partial charge in [-0.3, -0.25) is 0 Å². The van der Waals surface area contributed by atoms with Crippen LogP contribution in [0, 0.1) is 0 Å². The number of hydrogen-bond acceptors (Lipinski definition) is 4. The molecule has 0 unspecified atom stereocenters. The summed E-state index contributed by atoms with van der Waals surface area (Å²) in [5.41, 5.74) is 0.330. The average molecular weight is 256 g/mol. The van der Waals surface area contributed by atoms with E-state index in [-0.39, 0.29) is 0 Å². The van der Waals surface area contributed by atoms with Gasteiger partial charge < -0.3 is 20.2 Å². The molecule has 0 heterocycles. The standard InChI is InChI=1S/C13H24N2O3/c1-10(2)14-8-6-7-11(9-16)15-12(17)18-13(3,4)5/h9,11,14H,1,6-8H2,2-5H3,(H,15,17)/t11-/m0/s1. The van der Waals surface area contributed by atoms with E-state index in [0.717, 1.165) is 24.9 Å². The Hall–Kier alpha value is -1.52. The highest BCUT2D eigenvalue weighted by atomic mass is 16.6.